The van der Waals surface area contributed by atoms with E-state index in [1.54, 1.807) is 18.5 Å². The number of nitrogens with one attached hydrogen (secondary N) is 1. The van der Waals surface area contributed by atoms with Crippen LogP contribution in [0.15, 0.2) is 47.4 Å². The minimum absolute atomic E-state index is 0.175. The third kappa shape index (κ3) is 4.86. The molecule has 0 radical (unpaired) electrons. The molecule has 6 heteroatoms. The summed E-state index contributed by atoms with van der Waals surface area (Å²) < 4.78 is 0. The van der Waals surface area contributed by atoms with E-state index in [4.69, 9.17) is 17.3 Å². The van der Waals surface area contributed by atoms with Crippen LogP contribution in [0.3, 0.4) is 0 Å². The maximum Gasteiger partial charge on any atom is 0.224 e. The van der Waals surface area contributed by atoms with Gasteiger partial charge in [0.1, 0.15) is 5.82 Å². The standard InChI is InChI=1S/C16H18ClN5/c1-11-5-12(2)7-13(6-11)9-19-10-14(8-18)21-15-3-4-20-16(17)22-15/h3-8,10H,9,18H2,1-2H3,(H,20,21,22)/b14-8+,19-10?. The van der Waals surface area contributed by atoms with Gasteiger partial charge in [-0.15, -0.1) is 0 Å². The third-order valence-electron chi connectivity index (χ3n) is 2.86. The third-order valence-corrected chi connectivity index (χ3v) is 3.05. The molecule has 1 aromatic carbocycles. The summed E-state index contributed by atoms with van der Waals surface area (Å²) in [5.41, 5.74) is 9.85. The van der Waals surface area contributed by atoms with Crippen LogP contribution in [-0.2, 0) is 6.54 Å². The topological polar surface area (TPSA) is 76.2 Å². The molecule has 0 fully saturated rings. The minimum atomic E-state index is 0.175. The van der Waals surface area contributed by atoms with Gasteiger partial charge in [-0.1, -0.05) is 29.3 Å². The summed E-state index contributed by atoms with van der Waals surface area (Å²) >= 11 is 5.74. The van der Waals surface area contributed by atoms with Crippen LogP contribution < -0.4 is 11.1 Å². The highest BCUT2D eigenvalue weighted by molar-refractivity contribution is 6.28. The first-order chi connectivity index (χ1) is 10.6. The van der Waals surface area contributed by atoms with Crippen LogP contribution in [0.25, 0.3) is 0 Å². The van der Waals surface area contributed by atoms with Crippen molar-refractivity contribution in [2.45, 2.75) is 20.4 Å². The number of rotatable bonds is 5. The van der Waals surface area contributed by atoms with Gasteiger partial charge in [0.25, 0.3) is 0 Å². The molecule has 1 aromatic heterocycles. The van der Waals surface area contributed by atoms with Gasteiger partial charge in [-0.2, -0.15) is 0 Å². The summed E-state index contributed by atoms with van der Waals surface area (Å²) in [6, 6.07) is 8.08. The number of nitrogens with zero attached hydrogens (tertiary/aromatic N) is 3. The molecule has 22 heavy (non-hydrogen) atoms. The molecule has 0 saturated carbocycles. The molecule has 114 valence electrons. The number of nitrogens with two attached hydrogens (primary N) is 1. The monoisotopic (exact) mass is 315 g/mol. The van der Waals surface area contributed by atoms with Crippen molar-refractivity contribution in [2.24, 2.45) is 10.7 Å². The van der Waals surface area contributed by atoms with Crippen molar-refractivity contribution in [1.29, 1.82) is 0 Å². The number of hydrogen-bond acceptors (Lipinski definition) is 5. The van der Waals surface area contributed by atoms with Gasteiger partial charge in [0.15, 0.2) is 0 Å². The number of aliphatic imine (C=N–C) groups is 1. The van der Waals surface area contributed by atoms with Crippen molar-refractivity contribution in [3.05, 3.63) is 64.3 Å². The van der Waals surface area contributed by atoms with Crippen molar-refractivity contribution in [1.82, 2.24) is 9.97 Å². The Morgan fingerprint density at radius 1 is 1.32 bits per heavy atom. The molecule has 0 saturated heterocycles. The van der Waals surface area contributed by atoms with Gasteiger partial charge in [-0.3, -0.25) is 4.99 Å². The van der Waals surface area contributed by atoms with E-state index in [-0.39, 0.29) is 5.28 Å². The number of allylic oxidation sites excluding steroid dienone is 1. The highest BCUT2D eigenvalue weighted by atomic mass is 35.5. The molecule has 2 aromatic rings. The van der Waals surface area contributed by atoms with Gasteiger partial charge >= 0.3 is 0 Å². The van der Waals surface area contributed by atoms with Crippen LogP contribution in [0.5, 0.6) is 0 Å². The number of hydrogen-bond donors (Lipinski definition) is 2. The average Bonchev–Trinajstić information content (AvgIpc) is 2.45. The van der Waals surface area contributed by atoms with Crippen LogP contribution in [0.2, 0.25) is 5.28 Å². The summed E-state index contributed by atoms with van der Waals surface area (Å²) in [7, 11) is 0. The molecule has 0 atom stereocenters. The lowest BCUT2D eigenvalue weighted by molar-refractivity contribution is 1.06. The second-order valence-electron chi connectivity index (χ2n) is 4.92. The van der Waals surface area contributed by atoms with Crippen LogP contribution >= 0.6 is 11.6 Å². The zero-order chi connectivity index (χ0) is 15.9. The van der Waals surface area contributed by atoms with Crippen LogP contribution in [0.1, 0.15) is 16.7 Å². The van der Waals surface area contributed by atoms with Gasteiger partial charge in [0.2, 0.25) is 5.28 Å². The first kappa shape index (κ1) is 16.0. The van der Waals surface area contributed by atoms with E-state index in [9.17, 15) is 0 Å². The Balaban J connectivity index is 2.01. The minimum Gasteiger partial charge on any atom is -0.403 e. The lowest BCUT2D eigenvalue weighted by atomic mass is 10.1. The fourth-order valence-corrected chi connectivity index (χ4v) is 2.23. The van der Waals surface area contributed by atoms with Crippen molar-refractivity contribution in [3.8, 4) is 0 Å². The lowest BCUT2D eigenvalue weighted by Gasteiger charge is -2.05. The largest absolute Gasteiger partial charge is 0.403 e. The number of aromatic nitrogens is 2. The summed E-state index contributed by atoms with van der Waals surface area (Å²) in [5.74, 6) is 0.564. The Morgan fingerprint density at radius 2 is 2.05 bits per heavy atom. The Bertz CT molecular complexity index is 689. The molecule has 1 heterocycles. The van der Waals surface area contributed by atoms with Crippen molar-refractivity contribution in [3.63, 3.8) is 0 Å². The number of aryl methyl sites for hydroxylation is 2. The fraction of sp³-hybridized carbons (Fsp3) is 0.188. The first-order valence-corrected chi connectivity index (χ1v) is 7.19. The van der Waals surface area contributed by atoms with E-state index < -0.39 is 0 Å². The van der Waals surface area contributed by atoms with E-state index in [1.807, 2.05) is 0 Å². The van der Waals surface area contributed by atoms with E-state index >= 15 is 0 Å². The van der Waals surface area contributed by atoms with Crippen LogP contribution in [-0.4, -0.2) is 16.2 Å². The Kier molecular flexibility index (Phi) is 5.49. The molecule has 3 N–H and O–H groups in total. The average molecular weight is 316 g/mol. The summed E-state index contributed by atoms with van der Waals surface area (Å²) in [4.78, 5) is 12.3. The molecule has 0 aliphatic heterocycles. The maximum atomic E-state index is 5.74. The number of halogens is 1. The normalized spacial score (nSPS) is 11.9. The Morgan fingerprint density at radius 3 is 2.68 bits per heavy atom. The molecule has 0 aliphatic rings. The molecular weight excluding hydrogens is 298 g/mol. The maximum absolute atomic E-state index is 5.74. The highest BCUT2D eigenvalue weighted by Gasteiger charge is 1.99. The summed E-state index contributed by atoms with van der Waals surface area (Å²) in [5, 5.41) is 3.20. The Labute approximate surface area is 135 Å². The number of benzene rings is 1. The van der Waals surface area contributed by atoms with Gasteiger partial charge in [0.05, 0.1) is 12.2 Å². The first-order valence-electron chi connectivity index (χ1n) is 6.81. The predicted molar refractivity (Wildman–Crippen MR) is 91.0 cm³/mol. The van der Waals surface area contributed by atoms with E-state index in [1.165, 1.54) is 17.3 Å². The molecular formula is C16H18ClN5. The fourth-order valence-electron chi connectivity index (χ4n) is 2.08. The zero-order valence-corrected chi connectivity index (χ0v) is 13.3. The molecule has 0 bridgehead atoms. The second kappa shape index (κ2) is 7.56. The van der Waals surface area contributed by atoms with E-state index in [2.05, 4.69) is 52.3 Å². The lowest BCUT2D eigenvalue weighted by Crippen LogP contribution is -2.05. The van der Waals surface area contributed by atoms with Gasteiger partial charge in [-0.25, -0.2) is 9.97 Å². The van der Waals surface area contributed by atoms with Crippen molar-refractivity contribution < 1.29 is 0 Å². The quantitative estimate of drug-likeness (QED) is 0.656. The Hall–Kier alpha value is -2.40. The van der Waals surface area contributed by atoms with E-state index in [0.717, 1.165) is 5.56 Å². The van der Waals surface area contributed by atoms with Crippen molar-refractivity contribution >= 4 is 23.6 Å². The smallest absolute Gasteiger partial charge is 0.224 e. The molecule has 0 aliphatic carbocycles. The van der Waals surface area contributed by atoms with Crippen molar-refractivity contribution in [2.75, 3.05) is 5.32 Å². The predicted octanol–water partition coefficient (Wildman–Crippen LogP) is 3.23. The summed E-state index contributed by atoms with van der Waals surface area (Å²) in [6.45, 7) is 4.74. The molecule has 0 spiro atoms. The summed E-state index contributed by atoms with van der Waals surface area (Å²) in [6.07, 6.45) is 4.67. The molecule has 0 amide bonds. The van der Waals surface area contributed by atoms with Crippen LogP contribution in [0.4, 0.5) is 5.82 Å². The SMILES string of the molecule is Cc1cc(C)cc(CN=C/C(=C\N)Nc2ccnc(Cl)n2)c1. The molecule has 5 nitrogen and oxygen atoms in total. The molecule has 0 unspecified atom stereocenters. The van der Waals surface area contributed by atoms with Gasteiger partial charge < -0.3 is 11.1 Å². The van der Waals surface area contributed by atoms with Crippen LogP contribution in [0, 0.1) is 13.8 Å². The zero-order valence-electron chi connectivity index (χ0n) is 12.5. The van der Waals surface area contributed by atoms with Gasteiger partial charge in [0, 0.05) is 18.6 Å². The second-order valence-corrected chi connectivity index (χ2v) is 5.26. The van der Waals surface area contributed by atoms with E-state index in [0.29, 0.717) is 18.1 Å². The highest BCUT2D eigenvalue weighted by Crippen LogP contribution is 2.10. The molecule has 2 rings (SSSR count). The van der Waals surface area contributed by atoms with Gasteiger partial charge in [-0.05, 0) is 37.1 Å². The number of anilines is 1.